The number of benzene rings is 2. The van der Waals surface area contributed by atoms with Gasteiger partial charge in [0.15, 0.2) is 5.78 Å². The maximum atomic E-state index is 12.6. The van der Waals surface area contributed by atoms with E-state index in [4.69, 9.17) is 0 Å². The zero-order chi connectivity index (χ0) is 18.2. The second-order valence-corrected chi connectivity index (χ2v) is 7.66. The van der Waals surface area contributed by atoms with E-state index >= 15 is 0 Å². The average molecular weight is 358 g/mol. The molecule has 0 spiro atoms. The number of nitrogens with one attached hydrogen (secondary N) is 1. The molecule has 6 nitrogen and oxygen atoms in total. The molecule has 2 aromatic rings. The number of ketones is 1. The first-order valence-corrected chi connectivity index (χ1v) is 9.29. The van der Waals surface area contributed by atoms with Crippen LogP contribution in [-0.4, -0.2) is 27.2 Å². The molecule has 0 bridgehead atoms. The van der Waals surface area contributed by atoms with Crippen LogP contribution in [0.5, 0.6) is 0 Å². The molecular weight excluding hydrogens is 340 g/mol. The Labute approximate surface area is 146 Å². The molecule has 7 heteroatoms. The van der Waals surface area contributed by atoms with Crippen molar-refractivity contribution in [3.8, 4) is 0 Å². The predicted octanol–water partition coefficient (Wildman–Crippen LogP) is 2.60. The van der Waals surface area contributed by atoms with Gasteiger partial charge in [-0.2, -0.15) is 0 Å². The molecule has 0 unspecified atom stereocenters. The van der Waals surface area contributed by atoms with Crippen molar-refractivity contribution < 1.29 is 18.0 Å². The Morgan fingerprint density at radius 2 is 1.76 bits per heavy atom. The van der Waals surface area contributed by atoms with E-state index in [2.05, 4.69) is 4.72 Å². The smallest absolute Gasteiger partial charge is 0.261 e. The third-order valence-electron chi connectivity index (χ3n) is 4.25. The molecule has 0 saturated carbocycles. The minimum Gasteiger partial charge on any atom is -0.315 e. The Hall–Kier alpha value is -2.67. The fourth-order valence-electron chi connectivity index (χ4n) is 2.79. The summed E-state index contributed by atoms with van der Waals surface area (Å²) >= 11 is 0. The SMILES string of the molecule is CC(=O)c1ccc(NS(=O)(=O)c2ccc3c(c2)CCC(=O)N3C)cc1. The number of nitrogens with zero attached hydrogens (tertiary/aromatic N) is 1. The van der Waals surface area contributed by atoms with Gasteiger partial charge in [0, 0.05) is 30.4 Å². The number of rotatable bonds is 4. The summed E-state index contributed by atoms with van der Waals surface area (Å²) in [6.45, 7) is 1.45. The summed E-state index contributed by atoms with van der Waals surface area (Å²) < 4.78 is 27.7. The van der Waals surface area contributed by atoms with Crippen LogP contribution < -0.4 is 9.62 Å². The van der Waals surface area contributed by atoms with Gasteiger partial charge in [-0.3, -0.25) is 14.3 Å². The van der Waals surface area contributed by atoms with E-state index in [0.29, 0.717) is 24.1 Å². The minimum absolute atomic E-state index is 0.0202. The van der Waals surface area contributed by atoms with Crippen molar-refractivity contribution in [2.24, 2.45) is 0 Å². The lowest BCUT2D eigenvalue weighted by Gasteiger charge is -2.26. The minimum atomic E-state index is -3.75. The van der Waals surface area contributed by atoms with Crippen molar-refractivity contribution in [3.05, 3.63) is 53.6 Å². The number of sulfonamides is 1. The molecule has 1 aliphatic rings. The molecule has 0 atom stereocenters. The first kappa shape index (κ1) is 17.2. The number of aryl methyl sites for hydroxylation is 1. The summed E-state index contributed by atoms with van der Waals surface area (Å²) in [5.41, 5.74) is 2.47. The van der Waals surface area contributed by atoms with Crippen molar-refractivity contribution in [1.82, 2.24) is 0 Å². The highest BCUT2D eigenvalue weighted by Crippen LogP contribution is 2.29. The summed E-state index contributed by atoms with van der Waals surface area (Å²) in [4.78, 5) is 24.7. The Morgan fingerprint density at radius 3 is 2.40 bits per heavy atom. The van der Waals surface area contributed by atoms with E-state index in [1.54, 1.807) is 48.3 Å². The van der Waals surface area contributed by atoms with Gasteiger partial charge < -0.3 is 4.90 Å². The molecular formula is C18H18N2O4S. The number of amides is 1. The average Bonchev–Trinajstić information content (AvgIpc) is 2.58. The number of hydrogen-bond donors (Lipinski definition) is 1. The Bertz CT molecular complexity index is 950. The van der Waals surface area contributed by atoms with Crippen molar-refractivity contribution >= 4 is 33.1 Å². The quantitative estimate of drug-likeness (QED) is 0.852. The largest absolute Gasteiger partial charge is 0.315 e. The second-order valence-electron chi connectivity index (χ2n) is 5.98. The first-order valence-electron chi connectivity index (χ1n) is 7.81. The molecule has 1 amide bonds. The molecule has 1 heterocycles. The summed E-state index contributed by atoms with van der Waals surface area (Å²) in [5, 5.41) is 0. The number of carbonyl (C=O) groups excluding carboxylic acids is 2. The van der Waals surface area contributed by atoms with Gasteiger partial charge in [0.1, 0.15) is 0 Å². The maximum absolute atomic E-state index is 12.6. The number of fused-ring (bicyclic) bond motifs is 1. The molecule has 2 aromatic carbocycles. The predicted molar refractivity (Wildman–Crippen MR) is 95.4 cm³/mol. The molecule has 1 N–H and O–H groups in total. The number of anilines is 2. The topological polar surface area (TPSA) is 83.5 Å². The Balaban J connectivity index is 1.87. The lowest BCUT2D eigenvalue weighted by atomic mass is 10.0. The zero-order valence-electron chi connectivity index (χ0n) is 13.9. The second kappa shape index (κ2) is 6.33. The van der Waals surface area contributed by atoms with Gasteiger partial charge in [-0.15, -0.1) is 0 Å². The first-order chi connectivity index (χ1) is 11.8. The van der Waals surface area contributed by atoms with E-state index in [9.17, 15) is 18.0 Å². The van der Waals surface area contributed by atoms with Crippen molar-refractivity contribution in [3.63, 3.8) is 0 Å². The summed E-state index contributed by atoms with van der Waals surface area (Å²) in [5.74, 6) is -0.0606. The van der Waals surface area contributed by atoms with E-state index in [0.717, 1.165) is 11.3 Å². The monoisotopic (exact) mass is 358 g/mol. The van der Waals surface area contributed by atoms with Crippen LogP contribution >= 0.6 is 0 Å². The lowest BCUT2D eigenvalue weighted by Crippen LogP contribution is -2.31. The van der Waals surface area contributed by atoms with Gasteiger partial charge in [-0.1, -0.05) is 0 Å². The molecule has 3 rings (SSSR count). The van der Waals surface area contributed by atoms with Crippen molar-refractivity contribution in [2.45, 2.75) is 24.7 Å². The van der Waals surface area contributed by atoms with Gasteiger partial charge in [-0.05, 0) is 61.4 Å². The zero-order valence-corrected chi connectivity index (χ0v) is 14.8. The van der Waals surface area contributed by atoms with Crippen LogP contribution in [0.15, 0.2) is 47.4 Å². The molecule has 0 aliphatic carbocycles. The molecule has 0 aromatic heterocycles. The highest BCUT2D eigenvalue weighted by atomic mass is 32.2. The molecule has 130 valence electrons. The summed E-state index contributed by atoms with van der Waals surface area (Å²) in [6.07, 6.45) is 0.891. The van der Waals surface area contributed by atoms with Gasteiger partial charge in [0.2, 0.25) is 5.91 Å². The van der Waals surface area contributed by atoms with E-state index in [1.165, 1.54) is 13.0 Å². The van der Waals surface area contributed by atoms with Crippen molar-refractivity contribution in [2.75, 3.05) is 16.7 Å². The standard InChI is InChI=1S/C18H18N2O4S/c1-12(21)13-3-6-15(7-4-13)19-25(23,24)16-8-9-17-14(11-16)5-10-18(22)20(17)2/h3-4,6-9,11,19H,5,10H2,1-2H3. The molecule has 0 saturated heterocycles. The van der Waals surface area contributed by atoms with Crippen molar-refractivity contribution in [1.29, 1.82) is 0 Å². The van der Waals surface area contributed by atoms with Gasteiger partial charge in [-0.25, -0.2) is 8.42 Å². The van der Waals surface area contributed by atoms with Crippen LogP contribution in [0.3, 0.4) is 0 Å². The lowest BCUT2D eigenvalue weighted by molar-refractivity contribution is -0.118. The molecule has 1 aliphatic heterocycles. The van der Waals surface area contributed by atoms with Gasteiger partial charge in [0.05, 0.1) is 4.90 Å². The van der Waals surface area contributed by atoms with E-state index < -0.39 is 10.0 Å². The van der Waals surface area contributed by atoms with Gasteiger partial charge >= 0.3 is 0 Å². The third kappa shape index (κ3) is 3.41. The van der Waals surface area contributed by atoms with Crippen LogP contribution in [-0.2, 0) is 21.2 Å². The van der Waals surface area contributed by atoms with E-state index in [-0.39, 0.29) is 16.6 Å². The molecule has 0 radical (unpaired) electrons. The molecule has 0 fully saturated rings. The van der Waals surface area contributed by atoms with Crippen LogP contribution in [0, 0.1) is 0 Å². The fourth-order valence-corrected chi connectivity index (χ4v) is 3.90. The third-order valence-corrected chi connectivity index (χ3v) is 5.63. The van der Waals surface area contributed by atoms with Crippen LogP contribution in [0.1, 0.15) is 29.3 Å². The maximum Gasteiger partial charge on any atom is 0.261 e. The Morgan fingerprint density at radius 1 is 1.08 bits per heavy atom. The summed E-state index contributed by atoms with van der Waals surface area (Å²) in [7, 11) is -2.07. The van der Waals surface area contributed by atoms with Crippen LogP contribution in [0.2, 0.25) is 0 Å². The summed E-state index contributed by atoms with van der Waals surface area (Å²) in [6, 6.07) is 11.0. The fraction of sp³-hybridized carbons (Fsp3) is 0.222. The van der Waals surface area contributed by atoms with E-state index in [1.807, 2.05) is 0 Å². The normalized spacial score (nSPS) is 14.2. The molecule has 25 heavy (non-hydrogen) atoms. The van der Waals surface area contributed by atoms with Crippen LogP contribution in [0.25, 0.3) is 0 Å². The highest BCUT2D eigenvalue weighted by Gasteiger charge is 2.23. The van der Waals surface area contributed by atoms with Crippen LogP contribution in [0.4, 0.5) is 11.4 Å². The number of carbonyl (C=O) groups is 2. The Kier molecular flexibility index (Phi) is 4.34. The number of hydrogen-bond acceptors (Lipinski definition) is 4. The number of Topliss-reactive ketones (excluding diaryl/α,β-unsaturated/α-hetero) is 1. The van der Waals surface area contributed by atoms with Gasteiger partial charge in [0.25, 0.3) is 10.0 Å². The highest BCUT2D eigenvalue weighted by molar-refractivity contribution is 7.92.